The van der Waals surface area contributed by atoms with Gasteiger partial charge in [0.2, 0.25) is 0 Å². The van der Waals surface area contributed by atoms with E-state index in [0.29, 0.717) is 5.70 Å². The van der Waals surface area contributed by atoms with Crippen LogP contribution in [0, 0.1) is 10.8 Å². The summed E-state index contributed by atoms with van der Waals surface area (Å²) in [6, 6.07) is 7.41. The first-order chi connectivity index (χ1) is 9.24. The van der Waals surface area contributed by atoms with Crippen molar-refractivity contribution in [2.45, 2.75) is 0 Å². The Balaban J connectivity index is 2.44. The molecule has 2 rings (SSSR count). The van der Waals surface area contributed by atoms with Gasteiger partial charge < -0.3 is 5.32 Å². The molecule has 96 valence electrons. The monoisotopic (exact) mass is 274 g/mol. The fourth-order valence-electron chi connectivity index (χ4n) is 1.53. The minimum Gasteiger partial charge on any atom is -0.353 e. The molecule has 0 amide bonds. The maximum Gasteiger partial charge on any atom is 0.146 e. The van der Waals surface area contributed by atoms with Gasteiger partial charge in [-0.05, 0) is 24.3 Å². The molecule has 1 heterocycles. The van der Waals surface area contributed by atoms with Gasteiger partial charge in [0.05, 0.1) is 11.9 Å². The Morgan fingerprint density at radius 1 is 1.37 bits per heavy atom. The highest BCUT2D eigenvalue weighted by Gasteiger charge is 2.10. The first kappa shape index (κ1) is 13.0. The third-order valence-electron chi connectivity index (χ3n) is 2.33. The highest BCUT2D eigenvalue weighted by molar-refractivity contribution is 6.74. The molecule has 0 aliphatic heterocycles. The van der Waals surface area contributed by atoms with Gasteiger partial charge in [0.25, 0.3) is 0 Å². The fourth-order valence-corrected chi connectivity index (χ4v) is 1.67. The zero-order valence-electron chi connectivity index (χ0n) is 9.84. The van der Waals surface area contributed by atoms with E-state index in [1.165, 1.54) is 4.68 Å². The minimum absolute atomic E-state index is 0.143. The van der Waals surface area contributed by atoms with E-state index in [-0.39, 0.29) is 5.17 Å². The van der Waals surface area contributed by atoms with Gasteiger partial charge in [-0.2, -0.15) is 0 Å². The second kappa shape index (κ2) is 5.92. The fraction of sp³-hybridized carbons (Fsp3) is 0. The molecule has 2 aromatic rings. The predicted molar refractivity (Wildman–Crippen MR) is 76.4 cm³/mol. The molecule has 0 radical (unpaired) electrons. The van der Waals surface area contributed by atoms with Gasteiger partial charge in [0.15, 0.2) is 0 Å². The lowest BCUT2D eigenvalue weighted by Gasteiger charge is -2.03. The summed E-state index contributed by atoms with van der Waals surface area (Å²) in [7, 11) is 0. The van der Waals surface area contributed by atoms with Crippen LogP contribution in [0.5, 0.6) is 0 Å². The molecule has 1 aromatic carbocycles. The van der Waals surface area contributed by atoms with Gasteiger partial charge >= 0.3 is 0 Å². The smallest absolute Gasteiger partial charge is 0.146 e. The van der Waals surface area contributed by atoms with Crippen molar-refractivity contribution in [3.8, 4) is 0 Å². The Labute approximate surface area is 114 Å². The number of hydrogen-bond acceptors (Lipinski definition) is 4. The van der Waals surface area contributed by atoms with Crippen molar-refractivity contribution in [2.24, 2.45) is 0 Å². The van der Waals surface area contributed by atoms with Crippen molar-refractivity contribution in [2.75, 3.05) is 0 Å². The number of allylic oxidation sites excluding steroid dienone is 3. The third-order valence-corrected chi connectivity index (χ3v) is 2.53. The maximum atomic E-state index is 7.59. The minimum atomic E-state index is -0.143. The second-order valence-corrected chi connectivity index (χ2v) is 3.90. The number of halogens is 1. The summed E-state index contributed by atoms with van der Waals surface area (Å²) in [4.78, 5) is 0. The molecule has 0 bridgehead atoms. The Morgan fingerprint density at radius 3 is 2.89 bits per heavy atom. The van der Waals surface area contributed by atoms with Crippen LogP contribution in [0.2, 0.25) is 0 Å². The zero-order valence-corrected chi connectivity index (χ0v) is 10.6. The molecule has 1 aromatic heterocycles. The number of hydrogen-bond donors (Lipinski definition) is 3. The van der Waals surface area contributed by atoms with Gasteiger partial charge in [0, 0.05) is 6.20 Å². The van der Waals surface area contributed by atoms with E-state index >= 15 is 0 Å². The second-order valence-electron chi connectivity index (χ2n) is 3.53. The van der Waals surface area contributed by atoms with E-state index in [2.05, 4.69) is 15.6 Å². The van der Waals surface area contributed by atoms with Crippen LogP contribution >= 0.6 is 11.6 Å². The molecule has 7 heteroatoms. The van der Waals surface area contributed by atoms with E-state index in [1.807, 2.05) is 24.3 Å². The van der Waals surface area contributed by atoms with Crippen LogP contribution in [0.1, 0.15) is 0 Å². The molecule has 0 spiro atoms. The standard InChI is InChI=1S/C12H11ClN6/c13-12(15)11(6-3-7-16-8-14)19-10-5-2-1-4-9(10)17-18-19/h1-8,15H,(H2,14,16)/b7-3-,11-6+,15-12?. The number of nitrogens with zero attached hydrogens (tertiary/aromatic N) is 3. The van der Waals surface area contributed by atoms with E-state index in [9.17, 15) is 0 Å². The van der Waals surface area contributed by atoms with Crippen molar-refractivity contribution in [3.05, 3.63) is 42.6 Å². The molecule has 0 saturated carbocycles. The van der Waals surface area contributed by atoms with Crippen LogP contribution in [0.4, 0.5) is 0 Å². The van der Waals surface area contributed by atoms with Crippen LogP contribution in [-0.4, -0.2) is 26.5 Å². The largest absolute Gasteiger partial charge is 0.353 e. The summed E-state index contributed by atoms with van der Waals surface area (Å²) in [5.41, 5.74) is 1.90. The predicted octanol–water partition coefficient (Wildman–Crippen LogP) is 2.20. The maximum absolute atomic E-state index is 7.59. The molecule has 6 nitrogen and oxygen atoms in total. The molecule has 0 unspecified atom stereocenters. The molecule has 0 atom stereocenters. The molecular weight excluding hydrogens is 264 g/mol. The van der Waals surface area contributed by atoms with Gasteiger partial charge in [-0.15, -0.1) is 5.10 Å². The lowest BCUT2D eigenvalue weighted by Crippen LogP contribution is -2.05. The van der Waals surface area contributed by atoms with Crippen molar-refractivity contribution in [1.82, 2.24) is 20.3 Å². The number of fused-ring (bicyclic) bond motifs is 1. The van der Waals surface area contributed by atoms with Crippen LogP contribution in [0.15, 0.2) is 42.6 Å². The third kappa shape index (κ3) is 2.86. The molecule has 19 heavy (non-hydrogen) atoms. The summed E-state index contributed by atoms with van der Waals surface area (Å²) < 4.78 is 1.50. The number of aromatic nitrogens is 3. The average molecular weight is 275 g/mol. The summed E-state index contributed by atoms with van der Waals surface area (Å²) in [5, 5.41) is 24.8. The first-order valence-electron chi connectivity index (χ1n) is 5.41. The average Bonchev–Trinajstić information content (AvgIpc) is 2.82. The lowest BCUT2D eigenvalue weighted by molar-refractivity contribution is 0.850. The van der Waals surface area contributed by atoms with Crippen LogP contribution in [0.3, 0.4) is 0 Å². The number of para-hydroxylation sites is 1. The Morgan fingerprint density at radius 2 is 2.16 bits per heavy atom. The number of nitrogens with one attached hydrogen (secondary N) is 3. The van der Waals surface area contributed by atoms with E-state index in [0.717, 1.165) is 17.4 Å². The van der Waals surface area contributed by atoms with E-state index in [4.69, 9.17) is 22.4 Å². The Kier molecular flexibility index (Phi) is 4.04. The SMILES string of the molecule is N=CN/C=C\C=C(/C(=N)Cl)n1nnc2ccccc21. The van der Waals surface area contributed by atoms with Crippen LogP contribution in [0.25, 0.3) is 16.7 Å². The number of rotatable bonds is 5. The summed E-state index contributed by atoms with van der Waals surface area (Å²) in [6.07, 6.45) is 5.84. The van der Waals surface area contributed by atoms with Gasteiger partial charge in [-0.3, -0.25) is 10.8 Å². The van der Waals surface area contributed by atoms with Crippen molar-refractivity contribution in [1.29, 1.82) is 10.8 Å². The molecule has 0 aliphatic carbocycles. The first-order valence-corrected chi connectivity index (χ1v) is 5.79. The van der Waals surface area contributed by atoms with Gasteiger partial charge in [0.1, 0.15) is 16.4 Å². The quantitative estimate of drug-likeness (QED) is 0.443. The lowest BCUT2D eigenvalue weighted by atomic mass is 10.3. The van der Waals surface area contributed by atoms with Gasteiger partial charge in [-0.1, -0.05) is 28.9 Å². The summed E-state index contributed by atoms with van der Waals surface area (Å²) >= 11 is 5.78. The van der Waals surface area contributed by atoms with Crippen molar-refractivity contribution >= 4 is 39.8 Å². The summed E-state index contributed by atoms with van der Waals surface area (Å²) in [6.45, 7) is 0. The van der Waals surface area contributed by atoms with Gasteiger partial charge in [-0.25, -0.2) is 4.68 Å². The molecule has 0 saturated heterocycles. The highest BCUT2D eigenvalue weighted by Crippen LogP contribution is 2.16. The van der Waals surface area contributed by atoms with E-state index < -0.39 is 0 Å². The van der Waals surface area contributed by atoms with Crippen molar-refractivity contribution < 1.29 is 0 Å². The zero-order chi connectivity index (χ0) is 13.7. The van der Waals surface area contributed by atoms with Crippen molar-refractivity contribution in [3.63, 3.8) is 0 Å². The van der Waals surface area contributed by atoms with Crippen LogP contribution in [-0.2, 0) is 0 Å². The highest BCUT2D eigenvalue weighted by atomic mass is 35.5. The normalized spacial score (nSPS) is 11.9. The Bertz CT molecular complexity index is 670. The molecule has 3 N–H and O–H groups in total. The van der Waals surface area contributed by atoms with Crippen LogP contribution < -0.4 is 5.32 Å². The molecular formula is C12H11ClN6. The topological polar surface area (TPSA) is 90.4 Å². The molecule has 0 fully saturated rings. The summed E-state index contributed by atoms with van der Waals surface area (Å²) in [5.74, 6) is 0. The number of benzene rings is 1. The van der Waals surface area contributed by atoms with E-state index in [1.54, 1.807) is 18.4 Å². The molecule has 0 aliphatic rings. The Hall–Kier alpha value is -2.47.